The van der Waals surface area contributed by atoms with E-state index in [2.05, 4.69) is 21.2 Å². The van der Waals surface area contributed by atoms with Crippen molar-refractivity contribution in [1.29, 1.82) is 0 Å². The molecule has 2 rings (SSSR count). The first-order valence-electron chi connectivity index (χ1n) is 7.12. The highest BCUT2D eigenvalue weighted by Crippen LogP contribution is 2.19. The number of benzene rings is 2. The van der Waals surface area contributed by atoms with Gasteiger partial charge in [0.25, 0.3) is 5.91 Å². The molecular formula is C17H15BrFNO3S. The molecule has 0 spiro atoms. The molecule has 2 aromatic rings. The van der Waals surface area contributed by atoms with Gasteiger partial charge in [-0.1, -0.05) is 15.9 Å². The zero-order valence-corrected chi connectivity index (χ0v) is 15.0. The SMILES string of the molecule is O=C(COC(=O)c1ccc(F)cc1)NCCSc1ccc(Br)cc1. The normalized spacial score (nSPS) is 10.2. The molecule has 0 saturated heterocycles. The highest BCUT2D eigenvalue weighted by atomic mass is 79.9. The van der Waals surface area contributed by atoms with Crippen molar-refractivity contribution in [2.75, 3.05) is 18.9 Å². The van der Waals surface area contributed by atoms with Crippen LogP contribution < -0.4 is 5.32 Å². The number of rotatable bonds is 7. The lowest BCUT2D eigenvalue weighted by Crippen LogP contribution is -2.30. The first-order valence-corrected chi connectivity index (χ1v) is 8.90. The molecular weight excluding hydrogens is 397 g/mol. The first-order chi connectivity index (χ1) is 11.5. The zero-order valence-electron chi connectivity index (χ0n) is 12.6. The van der Waals surface area contributed by atoms with E-state index in [1.807, 2.05) is 24.3 Å². The van der Waals surface area contributed by atoms with Crippen LogP contribution in [-0.2, 0) is 9.53 Å². The average Bonchev–Trinajstić information content (AvgIpc) is 2.59. The second-order valence-corrected chi connectivity index (χ2v) is 6.82. The van der Waals surface area contributed by atoms with Crippen LogP contribution in [0.3, 0.4) is 0 Å². The number of esters is 1. The van der Waals surface area contributed by atoms with Crippen molar-refractivity contribution in [3.63, 3.8) is 0 Å². The van der Waals surface area contributed by atoms with E-state index in [0.717, 1.165) is 21.5 Å². The lowest BCUT2D eigenvalue weighted by atomic mass is 10.2. The van der Waals surface area contributed by atoms with Gasteiger partial charge >= 0.3 is 5.97 Å². The summed E-state index contributed by atoms with van der Waals surface area (Å²) in [6.07, 6.45) is 0. The van der Waals surface area contributed by atoms with Gasteiger partial charge in [-0.2, -0.15) is 0 Å². The molecule has 0 saturated carbocycles. The van der Waals surface area contributed by atoms with Crippen LogP contribution in [0, 0.1) is 5.82 Å². The summed E-state index contributed by atoms with van der Waals surface area (Å²) < 4.78 is 18.6. The topological polar surface area (TPSA) is 55.4 Å². The van der Waals surface area contributed by atoms with Gasteiger partial charge in [0.05, 0.1) is 5.56 Å². The Morgan fingerprint density at radius 2 is 1.75 bits per heavy atom. The number of thioether (sulfide) groups is 1. The highest BCUT2D eigenvalue weighted by molar-refractivity contribution is 9.10. The van der Waals surface area contributed by atoms with Crippen LogP contribution in [0.4, 0.5) is 4.39 Å². The molecule has 0 atom stereocenters. The number of ether oxygens (including phenoxy) is 1. The number of carbonyl (C=O) groups is 2. The third-order valence-electron chi connectivity index (χ3n) is 2.92. The summed E-state index contributed by atoms with van der Waals surface area (Å²) in [5, 5.41) is 2.67. The Morgan fingerprint density at radius 1 is 1.08 bits per heavy atom. The van der Waals surface area contributed by atoms with Crippen molar-refractivity contribution in [2.24, 2.45) is 0 Å². The molecule has 1 N–H and O–H groups in total. The smallest absolute Gasteiger partial charge is 0.338 e. The van der Waals surface area contributed by atoms with E-state index >= 15 is 0 Å². The fourth-order valence-corrected chi connectivity index (χ4v) is 2.77. The van der Waals surface area contributed by atoms with Crippen LogP contribution in [0.25, 0.3) is 0 Å². The average molecular weight is 412 g/mol. The molecule has 4 nitrogen and oxygen atoms in total. The summed E-state index contributed by atoms with van der Waals surface area (Å²) in [5.74, 6) is -0.761. The molecule has 0 radical (unpaired) electrons. The molecule has 2 aromatic carbocycles. The molecule has 0 aliphatic carbocycles. The van der Waals surface area contributed by atoms with Crippen LogP contribution in [-0.4, -0.2) is 30.8 Å². The van der Waals surface area contributed by atoms with E-state index in [9.17, 15) is 14.0 Å². The molecule has 0 bridgehead atoms. The predicted octanol–water partition coefficient (Wildman–Crippen LogP) is 3.65. The van der Waals surface area contributed by atoms with Crippen molar-refractivity contribution in [1.82, 2.24) is 5.32 Å². The number of halogens is 2. The van der Waals surface area contributed by atoms with E-state index in [0.29, 0.717) is 12.3 Å². The minimum Gasteiger partial charge on any atom is -0.452 e. The first kappa shape index (κ1) is 18.5. The Labute approximate surface area is 151 Å². The van der Waals surface area contributed by atoms with Crippen LogP contribution >= 0.6 is 27.7 Å². The Morgan fingerprint density at radius 3 is 2.42 bits per heavy atom. The summed E-state index contributed by atoms with van der Waals surface area (Å²) in [6, 6.07) is 12.8. The van der Waals surface area contributed by atoms with Gasteiger partial charge in [0, 0.05) is 21.7 Å². The van der Waals surface area contributed by atoms with E-state index in [1.54, 1.807) is 11.8 Å². The second kappa shape index (κ2) is 9.44. The van der Waals surface area contributed by atoms with E-state index < -0.39 is 11.8 Å². The Balaban J connectivity index is 1.63. The molecule has 126 valence electrons. The van der Waals surface area contributed by atoms with E-state index in [4.69, 9.17) is 4.74 Å². The highest BCUT2D eigenvalue weighted by Gasteiger charge is 2.09. The van der Waals surface area contributed by atoms with Gasteiger partial charge in [-0.3, -0.25) is 4.79 Å². The van der Waals surface area contributed by atoms with Gasteiger partial charge in [0.15, 0.2) is 6.61 Å². The van der Waals surface area contributed by atoms with Crippen LogP contribution in [0.1, 0.15) is 10.4 Å². The maximum absolute atomic E-state index is 12.8. The van der Waals surface area contributed by atoms with E-state index in [-0.39, 0.29) is 18.1 Å². The minimum absolute atomic E-state index is 0.204. The number of hydrogen-bond donors (Lipinski definition) is 1. The van der Waals surface area contributed by atoms with Gasteiger partial charge in [0.2, 0.25) is 0 Å². The van der Waals surface area contributed by atoms with Gasteiger partial charge in [0.1, 0.15) is 5.82 Å². The lowest BCUT2D eigenvalue weighted by Gasteiger charge is -2.07. The molecule has 0 aliphatic rings. The Hall–Kier alpha value is -1.86. The number of hydrogen-bond acceptors (Lipinski definition) is 4. The monoisotopic (exact) mass is 411 g/mol. The summed E-state index contributed by atoms with van der Waals surface area (Å²) in [7, 11) is 0. The van der Waals surface area contributed by atoms with Crippen molar-refractivity contribution in [2.45, 2.75) is 4.90 Å². The predicted molar refractivity (Wildman–Crippen MR) is 94.6 cm³/mol. The molecule has 0 unspecified atom stereocenters. The van der Waals surface area contributed by atoms with Gasteiger partial charge < -0.3 is 10.1 Å². The third-order valence-corrected chi connectivity index (χ3v) is 4.46. The number of carbonyl (C=O) groups excluding carboxylic acids is 2. The summed E-state index contributed by atoms with van der Waals surface area (Å²) in [5.41, 5.74) is 0.204. The fraction of sp³-hybridized carbons (Fsp3) is 0.176. The van der Waals surface area contributed by atoms with E-state index in [1.165, 1.54) is 12.1 Å². The van der Waals surface area contributed by atoms with Crippen molar-refractivity contribution in [3.05, 3.63) is 64.4 Å². The number of amides is 1. The molecule has 0 aliphatic heterocycles. The standard InChI is InChI=1S/C17H15BrFNO3S/c18-13-3-7-15(8-4-13)24-10-9-20-16(21)11-23-17(22)12-1-5-14(19)6-2-12/h1-8H,9-11H2,(H,20,21). The van der Waals surface area contributed by atoms with Gasteiger partial charge in [-0.15, -0.1) is 11.8 Å². The van der Waals surface area contributed by atoms with Crippen molar-refractivity contribution in [3.8, 4) is 0 Å². The fourth-order valence-electron chi connectivity index (χ4n) is 1.74. The summed E-state index contributed by atoms with van der Waals surface area (Å²) in [6.45, 7) is 0.104. The van der Waals surface area contributed by atoms with Gasteiger partial charge in [-0.05, 0) is 48.5 Å². The maximum atomic E-state index is 12.8. The molecule has 0 heterocycles. The van der Waals surface area contributed by atoms with Gasteiger partial charge in [-0.25, -0.2) is 9.18 Å². The minimum atomic E-state index is -0.658. The quantitative estimate of drug-likeness (QED) is 0.429. The lowest BCUT2D eigenvalue weighted by molar-refractivity contribution is -0.124. The van der Waals surface area contributed by atoms with Crippen LogP contribution in [0.5, 0.6) is 0 Å². The molecule has 24 heavy (non-hydrogen) atoms. The number of nitrogens with one attached hydrogen (secondary N) is 1. The molecule has 0 aromatic heterocycles. The summed E-state index contributed by atoms with van der Waals surface area (Å²) >= 11 is 4.98. The third kappa shape index (κ3) is 6.33. The summed E-state index contributed by atoms with van der Waals surface area (Å²) in [4.78, 5) is 24.4. The largest absolute Gasteiger partial charge is 0.452 e. The maximum Gasteiger partial charge on any atom is 0.338 e. The second-order valence-electron chi connectivity index (χ2n) is 4.74. The molecule has 0 fully saturated rings. The van der Waals surface area contributed by atoms with Crippen LogP contribution in [0.2, 0.25) is 0 Å². The zero-order chi connectivity index (χ0) is 17.4. The molecule has 7 heteroatoms. The Kier molecular flexibility index (Phi) is 7.27. The van der Waals surface area contributed by atoms with Crippen LogP contribution in [0.15, 0.2) is 57.9 Å². The Bertz CT molecular complexity index is 692. The molecule has 1 amide bonds. The van der Waals surface area contributed by atoms with Crippen molar-refractivity contribution >= 4 is 39.6 Å². The van der Waals surface area contributed by atoms with Crippen molar-refractivity contribution < 1.29 is 18.7 Å².